The van der Waals surface area contributed by atoms with Crippen molar-refractivity contribution in [3.8, 4) is 44.5 Å². The highest BCUT2D eigenvalue weighted by atomic mass is 14.4. The van der Waals surface area contributed by atoms with E-state index in [0.29, 0.717) is 0 Å². The van der Waals surface area contributed by atoms with Crippen LogP contribution in [0.3, 0.4) is 0 Å². The lowest BCUT2D eigenvalue weighted by atomic mass is 9.73. The standard InChI is InChI=1S/C48H38/c1-5-48(6-2)43-27-33(32-18-22-37-36-12-7-8-13-41(36)47(3,4)42(37)26-32)19-23-38(43)39-24-20-34(28-44(39)48)35-21-16-31-15-14-29-10-9-11-30-17-25-40(35)46(31)45(29)30/h7-28H,5-6H2,1-4H3. The summed E-state index contributed by atoms with van der Waals surface area (Å²) in [5.74, 6) is 0. The average molecular weight is 615 g/mol. The molecule has 0 aliphatic heterocycles. The van der Waals surface area contributed by atoms with E-state index in [-0.39, 0.29) is 10.8 Å². The Morgan fingerprint density at radius 2 is 0.896 bits per heavy atom. The predicted octanol–water partition coefficient (Wildman–Crippen LogP) is 13.3. The number of fused-ring (bicyclic) bond motifs is 6. The van der Waals surface area contributed by atoms with Crippen LogP contribution in [0.2, 0.25) is 0 Å². The summed E-state index contributed by atoms with van der Waals surface area (Å²) >= 11 is 0. The molecule has 0 amide bonds. The van der Waals surface area contributed by atoms with Gasteiger partial charge < -0.3 is 0 Å². The van der Waals surface area contributed by atoms with Crippen LogP contribution in [0.4, 0.5) is 0 Å². The van der Waals surface area contributed by atoms with Crippen molar-refractivity contribution < 1.29 is 0 Å². The van der Waals surface area contributed by atoms with Crippen molar-refractivity contribution in [2.45, 2.75) is 51.4 Å². The summed E-state index contributed by atoms with van der Waals surface area (Å²) in [6.45, 7) is 9.51. The first-order valence-electron chi connectivity index (χ1n) is 17.6. The molecular formula is C48H38. The lowest BCUT2D eigenvalue weighted by Gasteiger charge is -2.30. The normalized spacial score (nSPS) is 15.2. The molecule has 0 atom stereocenters. The number of benzene rings is 8. The molecule has 0 heteroatoms. The average Bonchev–Trinajstić information content (AvgIpc) is 3.54. The third kappa shape index (κ3) is 3.50. The first-order chi connectivity index (χ1) is 23.4. The van der Waals surface area contributed by atoms with Gasteiger partial charge in [0.2, 0.25) is 0 Å². The largest absolute Gasteiger partial charge is 0.0642 e. The van der Waals surface area contributed by atoms with Crippen molar-refractivity contribution in [1.82, 2.24) is 0 Å². The molecule has 48 heavy (non-hydrogen) atoms. The second-order valence-corrected chi connectivity index (χ2v) is 14.7. The van der Waals surface area contributed by atoms with E-state index in [1.807, 2.05) is 0 Å². The molecule has 8 aromatic carbocycles. The topological polar surface area (TPSA) is 0 Å². The van der Waals surface area contributed by atoms with Gasteiger partial charge in [0.05, 0.1) is 0 Å². The maximum Gasteiger partial charge on any atom is 0.0210 e. The summed E-state index contributed by atoms with van der Waals surface area (Å²) in [6.07, 6.45) is 2.14. The quantitative estimate of drug-likeness (QED) is 0.173. The van der Waals surface area contributed by atoms with Crippen LogP contribution in [-0.4, -0.2) is 0 Å². The van der Waals surface area contributed by atoms with Crippen LogP contribution in [0.5, 0.6) is 0 Å². The molecule has 230 valence electrons. The summed E-state index contributed by atoms with van der Waals surface area (Å²) in [4.78, 5) is 0. The SMILES string of the molecule is CCC1(CC)c2cc(-c3ccc4c(c3)C(C)(C)c3ccccc3-4)ccc2-c2ccc(-c3ccc4ccc5cccc6ccc3c4c56)cc21. The summed E-state index contributed by atoms with van der Waals surface area (Å²) in [5, 5.41) is 8.05. The highest BCUT2D eigenvalue weighted by molar-refractivity contribution is 6.25. The maximum atomic E-state index is 2.53. The molecule has 0 saturated carbocycles. The van der Waals surface area contributed by atoms with Crippen LogP contribution < -0.4 is 0 Å². The summed E-state index contributed by atoms with van der Waals surface area (Å²) < 4.78 is 0. The zero-order chi connectivity index (χ0) is 32.4. The molecule has 0 saturated heterocycles. The van der Waals surface area contributed by atoms with E-state index < -0.39 is 0 Å². The first kappa shape index (κ1) is 27.9. The first-order valence-corrected chi connectivity index (χ1v) is 17.6. The Labute approximate surface area is 283 Å². The molecular weight excluding hydrogens is 577 g/mol. The smallest absolute Gasteiger partial charge is 0.0210 e. The fourth-order valence-electron chi connectivity index (χ4n) is 9.72. The van der Waals surface area contributed by atoms with E-state index in [0.717, 1.165) is 12.8 Å². The van der Waals surface area contributed by atoms with E-state index >= 15 is 0 Å². The van der Waals surface area contributed by atoms with Crippen molar-refractivity contribution in [3.05, 3.63) is 156 Å². The molecule has 0 N–H and O–H groups in total. The number of hydrogen-bond donors (Lipinski definition) is 0. The van der Waals surface area contributed by atoms with Crippen LogP contribution in [0.1, 0.15) is 62.8 Å². The van der Waals surface area contributed by atoms with E-state index in [4.69, 9.17) is 0 Å². The zero-order valence-corrected chi connectivity index (χ0v) is 28.1. The summed E-state index contributed by atoms with van der Waals surface area (Å²) in [7, 11) is 0. The lowest BCUT2D eigenvalue weighted by Crippen LogP contribution is -2.23. The highest BCUT2D eigenvalue weighted by Crippen LogP contribution is 2.55. The Morgan fingerprint density at radius 1 is 0.396 bits per heavy atom. The minimum absolute atomic E-state index is 0.00691. The summed E-state index contributed by atoms with van der Waals surface area (Å²) in [6, 6.07) is 51.2. The molecule has 8 aromatic rings. The molecule has 2 aliphatic rings. The van der Waals surface area contributed by atoms with Gasteiger partial charge in [0.25, 0.3) is 0 Å². The lowest BCUT2D eigenvalue weighted by molar-refractivity contribution is 0.491. The van der Waals surface area contributed by atoms with Gasteiger partial charge >= 0.3 is 0 Å². The molecule has 0 unspecified atom stereocenters. The van der Waals surface area contributed by atoms with Crippen molar-refractivity contribution in [1.29, 1.82) is 0 Å². The molecule has 0 fully saturated rings. The summed E-state index contributed by atoms with van der Waals surface area (Å²) in [5.41, 5.74) is 16.6. The van der Waals surface area contributed by atoms with Gasteiger partial charge in [-0.3, -0.25) is 0 Å². The van der Waals surface area contributed by atoms with Gasteiger partial charge in [-0.25, -0.2) is 0 Å². The van der Waals surface area contributed by atoms with Crippen molar-refractivity contribution >= 4 is 32.3 Å². The van der Waals surface area contributed by atoms with Gasteiger partial charge in [0, 0.05) is 10.8 Å². The minimum Gasteiger partial charge on any atom is -0.0642 e. The molecule has 0 nitrogen and oxygen atoms in total. The second-order valence-electron chi connectivity index (χ2n) is 14.7. The predicted molar refractivity (Wildman–Crippen MR) is 205 cm³/mol. The van der Waals surface area contributed by atoms with Gasteiger partial charge in [0.1, 0.15) is 0 Å². The number of rotatable bonds is 4. The van der Waals surface area contributed by atoms with Crippen LogP contribution in [0.15, 0.2) is 133 Å². The van der Waals surface area contributed by atoms with Gasteiger partial charge in [0.15, 0.2) is 0 Å². The molecule has 10 rings (SSSR count). The van der Waals surface area contributed by atoms with Crippen molar-refractivity contribution in [2.75, 3.05) is 0 Å². The van der Waals surface area contributed by atoms with E-state index in [2.05, 4.69) is 161 Å². The Hall–Kier alpha value is -5.20. The minimum atomic E-state index is -0.0211. The molecule has 0 heterocycles. The van der Waals surface area contributed by atoms with Crippen LogP contribution in [0.25, 0.3) is 76.8 Å². The maximum absolute atomic E-state index is 2.53. The molecule has 0 bridgehead atoms. The molecule has 0 radical (unpaired) electrons. The molecule has 2 aliphatic carbocycles. The van der Waals surface area contributed by atoms with E-state index in [9.17, 15) is 0 Å². The van der Waals surface area contributed by atoms with Crippen molar-refractivity contribution in [3.63, 3.8) is 0 Å². The number of hydrogen-bond acceptors (Lipinski definition) is 0. The molecule has 0 spiro atoms. The fourth-order valence-corrected chi connectivity index (χ4v) is 9.72. The van der Waals surface area contributed by atoms with Gasteiger partial charge in [-0.1, -0.05) is 143 Å². The Morgan fingerprint density at radius 3 is 1.58 bits per heavy atom. The van der Waals surface area contributed by atoms with Crippen LogP contribution in [-0.2, 0) is 10.8 Å². The Bertz CT molecular complexity index is 2590. The zero-order valence-electron chi connectivity index (χ0n) is 28.1. The van der Waals surface area contributed by atoms with E-state index in [1.54, 1.807) is 0 Å². The van der Waals surface area contributed by atoms with Gasteiger partial charge in [-0.05, 0) is 130 Å². The molecule has 0 aromatic heterocycles. The monoisotopic (exact) mass is 614 g/mol. The highest BCUT2D eigenvalue weighted by Gasteiger charge is 2.41. The Kier molecular flexibility index (Phi) is 5.62. The van der Waals surface area contributed by atoms with Crippen LogP contribution in [0, 0.1) is 0 Å². The van der Waals surface area contributed by atoms with Crippen molar-refractivity contribution in [2.24, 2.45) is 0 Å². The van der Waals surface area contributed by atoms with Gasteiger partial charge in [-0.2, -0.15) is 0 Å². The van der Waals surface area contributed by atoms with Gasteiger partial charge in [-0.15, -0.1) is 0 Å². The van der Waals surface area contributed by atoms with Crippen LogP contribution >= 0.6 is 0 Å². The Balaban J connectivity index is 1.11. The fraction of sp³-hybridized carbons (Fsp3) is 0.167. The van der Waals surface area contributed by atoms with E-state index in [1.165, 1.54) is 99.1 Å². The third-order valence-corrected chi connectivity index (χ3v) is 12.3. The third-order valence-electron chi connectivity index (χ3n) is 12.3. The second kappa shape index (κ2) is 9.68.